The number of aromatic nitrogens is 2. The number of likely N-dealkylation sites (tertiary alicyclic amines) is 1. The molecule has 9 nitrogen and oxygen atoms in total. The van der Waals surface area contributed by atoms with Crippen LogP contribution in [0.1, 0.15) is 48.2 Å². The molecule has 182 valence electrons. The fraction of sp³-hybridized carbons (Fsp3) is 0.520. The molecule has 0 saturated carbocycles. The van der Waals surface area contributed by atoms with Gasteiger partial charge in [-0.1, -0.05) is 19.9 Å². The van der Waals surface area contributed by atoms with E-state index in [0.29, 0.717) is 34.4 Å². The van der Waals surface area contributed by atoms with Crippen molar-refractivity contribution in [1.29, 1.82) is 5.26 Å². The van der Waals surface area contributed by atoms with Crippen molar-refractivity contribution in [2.75, 3.05) is 51.0 Å². The Morgan fingerprint density at radius 1 is 1.32 bits per heavy atom. The van der Waals surface area contributed by atoms with Gasteiger partial charge in [-0.05, 0) is 50.4 Å². The number of hydrogen-bond acceptors (Lipinski definition) is 8. The minimum atomic E-state index is -0.185. The van der Waals surface area contributed by atoms with E-state index in [9.17, 15) is 10.1 Å². The molecule has 0 spiro atoms. The number of piperidine rings is 1. The lowest BCUT2D eigenvalue weighted by molar-refractivity contribution is 0.0963. The van der Waals surface area contributed by atoms with E-state index in [1.807, 2.05) is 24.9 Å². The monoisotopic (exact) mass is 465 g/mol. The molecular formula is C25H35N7O2. The van der Waals surface area contributed by atoms with Gasteiger partial charge in [-0.15, -0.1) is 0 Å². The standard InChI is InChI=1S/C25H35N7O2/c1-16(2)15-32(6)23-20(14-26)22(28-21-13-18(24(33)27-4)8-7-17(21)3)29-25(30-23)34-19-9-11-31(5)12-10-19/h7-8,13,16,19H,9-12,15H2,1-6H3,(H,27,33)(H,28,29,30). The maximum absolute atomic E-state index is 12.2. The molecule has 1 aromatic heterocycles. The molecule has 9 heteroatoms. The Bertz CT molecular complexity index is 1060. The number of nitrogens with one attached hydrogen (secondary N) is 2. The van der Waals surface area contributed by atoms with E-state index >= 15 is 0 Å². The molecule has 0 bridgehead atoms. The summed E-state index contributed by atoms with van der Waals surface area (Å²) in [7, 11) is 5.62. The molecule has 0 atom stereocenters. The molecule has 1 saturated heterocycles. The molecule has 1 aliphatic heterocycles. The molecule has 1 amide bonds. The maximum Gasteiger partial charge on any atom is 0.320 e. The number of amides is 1. The largest absolute Gasteiger partial charge is 0.460 e. The lowest BCUT2D eigenvalue weighted by atomic mass is 10.1. The van der Waals surface area contributed by atoms with Crippen LogP contribution in [0.3, 0.4) is 0 Å². The summed E-state index contributed by atoms with van der Waals surface area (Å²) in [6.07, 6.45) is 1.82. The zero-order chi connectivity index (χ0) is 24.8. The van der Waals surface area contributed by atoms with Crippen molar-refractivity contribution >= 4 is 23.2 Å². The van der Waals surface area contributed by atoms with E-state index in [1.54, 1.807) is 19.2 Å². The van der Waals surface area contributed by atoms with Crippen LogP contribution in [0.25, 0.3) is 0 Å². The molecule has 1 aromatic carbocycles. The zero-order valence-electron chi connectivity index (χ0n) is 21.0. The van der Waals surface area contributed by atoms with Crippen LogP contribution in [-0.4, -0.2) is 67.7 Å². The summed E-state index contributed by atoms with van der Waals surface area (Å²) in [6.45, 7) is 8.81. The third-order valence-corrected chi connectivity index (χ3v) is 5.90. The Balaban J connectivity index is 2.02. The van der Waals surface area contributed by atoms with Gasteiger partial charge in [0.05, 0.1) is 0 Å². The van der Waals surface area contributed by atoms with Gasteiger partial charge >= 0.3 is 6.01 Å². The molecule has 2 aromatic rings. The third kappa shape index (κ3) is 6.14. The number of aryl methyl sites for hydroxylation is 1. The first-order chi connectivity index (χ1) is 16.2. The second-order valence-electron chi connectivity index (χ2n) is 9.29. The highest BCUT2D eigenvalue weighted by atomic mass is 16.5. The highest BCUT2D eigenvalue weighted by Gasteiger charge is 2.24. The smallest absolute Gasteiger partial charge is 0.320 e. The van der Waals surface area contributed by atoms with Crippen LogP contribution in [0, 0.1) is 24.2 Å². The number of benzene rings is 1. The van der Waals surface area contributed by atoms with E-state index in [0.717, 1.165) is 38.0 Å². The van der Waals surface area contributed by atoms with Gasteiger partial charge in [0.2, 0.25) is 0 Å². The maximum atomic E-state index is 12.2. The SMILES string of the molecule is CNC(=O)c1ccc(C)c(Nc2nc(OC3CCN(C)CC3)nc(N(C)CC(C)C)c2C#N)c1. The number of nitrogens with zero attached hydrogens (tertiary/aromatic N) is 5. The average Bonchev–Trinajstić information content (AvgIpc) is 2.80. The molecule has 1 fully saturated rings. The number of carbonyl (C=O) groups is 1. The average molecular weight is 466 g/mol. The van der Waals surface area contributed by atoms with Crippen molar-refractivity contribution in [1.82, 2.24) is 20.2 Å². The van der Waals surface area contributed by atoms with Gasteiger partial charge in [0.25, 0.3) is 5.91 Å². The summed E-state index contributed by atoms with van der Waals surface area (Å²) in [4.78, 5) is 25.6. The third-order valence-electron chi connectivity index (χ3n) is 5.90. The first-order valence-electron chi connectivity index (χ1n) is 11.7. The van der Waals surface area contributed by atoms with Crippen LogP contribution in [0.4, 0.5) is 17.3 Å². The van der Waals surface area contributed by atoms with Gasteiger partial charge in [-0.25, -0.2) is 0 Å². The quantitative estimate of drug-likeness (QED) is 0.612. The fourth-order valence-electron chi connectivity index (χ4n) is 4.01. The zero-order valence-corrected chi connectivity index (χ0v) is 21.0. The van der Waals surface area contributed by atoms with Gasteiger partial charge in [0.15, 0.2) is 11.6 Å². The van der Waals surface area contributed by atoms with Crippen molar-refractivity contribution in [3.63, 3.8) is 0 Å². The Morgan fingerprint density at radius 3 is 2.65 bits per heavy atom. The molecule has 0 radical (unpaired) electrons. The number of hydrogen-bond donors (Lipinski definition) is 2. The second kappa shape index (κ2) is 11.2. The molecule has 34 heavy (non-hydrogen) atoms. The van der Waals surface area contributed by atoms with Crippen LogP contribution >= 0.6 is 0 Å². The Labute approximate surface area is 202 Å². The van der Waals surface area contributed by atoms with Crippen molar-refractivity contribution in [3.8, 4) is 12.1 Å². The van der Waals surface area contributed by atoms with Crippen LogP contribution in [0.5, 0.6) is 6.01 Å². The molecule has 2 N–H and O–H groups in total. The summed E-state index contributed by atoms with van der Waals surface area (Å²) >= 11 is 0. The first kappa shape index (κ1) is 25.2. The summed E-state index contributed by atoms with van der Waals surface area (Å²) in [5, 5.41) is 16.0. The molecule has 0 aliphatic carbocycles. The normalized spacial score (nSPS) is 14.5. The summed E-state index contributed by atoms with van der Waals surface area (Å²) in [6, 6.07) is 7.91. The molecule has 2 heterocycles. The summed E-state index contributed by atoms with van der Waals surface area (Å²) < 4.78 is 6.20. The number of carbonyl (C=O) groups excluding carboxylic acids is 1. The number of ether oxygens (including phenoxy) is 1. The number of rotatable bonds is 8. The van der Waals surface area contributed by atoms with E-state index in [4.69, 9.17) is 4.74 Å². The molecular weight excluding hydrogens is 430 g/mol. The van der Waals surface area contributed by atoms with Gasteiger partial charge in [0, 0.05) is 45.0 Å². The molecule has 1 aliphatic rings. The molecule has 0 unspecified atom stereocenters. The Morgan fingerprint density at radius 2 is 2.03 bits per heavy atom. The minimum Gasteiger partial charge on any atom is -0.460 e. The predicted octanol–water partition coefficient (Wildman–Crippen LogP) is 3.33. The number of nitriles is 1. The number of anilines is 3. The predicted molar refractivity (Wildman–Crippen MR) is 134 cm³/mol. The summed E-state index contributed by atoms with van der Waals surface area (Å²) in [5.74, 6) is 1.09. The van der Waals surface area contributed by atoms with Crippen molar-refractivity contribution in [3.05, 3.63) is 34.9 Å². The highest BCUT2D eigenvalue weighted by Crippen LogP contribution is 2.31. The van der Waals surface area contributed by atoms with E-state index in [-0.39, 0.29) is 18.0 Å². The van der Waals surface area contributed by atoms with Gasteiger partial charge in [-0.3, -0.25) is 4.79 Å². The van der Waals surface area contributed by atoms with Crippen molar-refractivity contribution in [2.45, 2.75) is 39.7 Å². The van der Waals surface area contributed by atoms with Crippen molar-refractivity contribution in [2.24, 2.45) is 5.92 Å². The lowest BCUT2D eigenvalue weighted by Gasteiger charge is -2.29. The Kier molecular flexibility index (Phi) is 8.29. The topological polar surface area (TPSA) is 106 Å². The van der Waals surface area contributed by atoms with E-state index in [2.05, 4.69) is 52.5 Å². The van der Waals surface area contributed by atoms with Gasteiger partial charge in [0.1, 0.15) is 17.7 Å². The van der Waals surface area contributed by atoms with Gasteiger partial charge in [-0.2, -0.15) is 15.2 Å². The van der Waals surface area contributed by atoms with Crippen LogP contribution < -0.4 is 20.3 Å². The second-order valence-corrected chi connectivity index (χ2v) is 9.29. The fourth-order valence-corrected chi connectivity index (χ4v) is 4.01. The Hall–Kier alpha value is -3.38. The van der Waals surface area contributed by atoms with Crippen LogP contribution in [0.2, 0.25) is 0 Å². The van der Waals surface area contributed by atoms with E-state index < -0.39 is 0 Å². The highest BCUT2D eigenvalue weighted by molar-refractivity contribution is 5.95. The minimum absolute atomic E-state index is 0.0264. The van der Waals surface area contributed by atoms with E-state index in [1.165, 1.54) is 0 Å². The van der Waals surface area contributed by atoms with Crippen LogP contribution in [-0.2, 0) is 0 Å². The first-order valence-corrected chi connectivity index (χ1v) is 11.7. The van der Waals surface area contributed by atoms with Crippen molar-refractivity contribution < 1.29 is 9.53 Å². The molecule has 3 rings (SSSR count). The van der Waals surface area contributed by atoms with Crippen LogP contribution in [0.15, 0.2) is 18.2 Å². The summed E-state index contributed by atoms with van der Waals surface area (Å²) in [5.41, 5.74) is 2.47. The lowest BCUT2D eigenvalue weighted by Crippen LogP contribution is -2.36. The van der Waals surface area contributed by atoms with Gasteiger partial charge < -0.3 is 25.2 Å².